The molecular weight excluding hydrogens is 348 g/mol. The summed E-state index contributed by atoms with van der Waals surface area (Å²) in [6.45, 7) is 12.0. The number of hydrogen-bond acceptors (Lipinski definition) is 6. The molecule has 0 bridgehead atoms. The Morgan fingerprint density at radius 1 is 0.704 bits per heavy atom. The monoisotopic (exact) mass is 388 g/mol. The number of unbranched alkanes of at least 4 members (excludes halogenated alkanes) is 3. The lowest BCUT2D eigenvalue weighted by molar-refractivity contribution is -0.232. The molecule has 160 valence electrons. The highest BCUT2D eigenvalue weighted by atomic mass is 16.8. The van der Waals surface area contributed by atoms with Crippen molar-refractivity contribution in [2.24, 2.45) is 0 Å². The van der Waals surface area contributed by atoms with Crippen LogP contribution in [0.4, 0.5) is 0 Å². The number of hydrogen-bond donors (Lipinski definition) is 1. The molecule has 0 radical (unpaired) electrons. The molecule has 0 spiro atoms. The molecule has 0 amide bonds. The van der Waals surface area contributed by atoms with Crippen LogP contribution in [0.5, 0.6) is 0 Å². The second kappa shape index (κ2) is 11.1. The Hall–Kier alpha value is -0.240. The molecule has 27 heavy (non-hydrogen) atoms. The summed E-state index contributed by atoms with van der Waals surface area (Å²) in [5.41, 5.74) is 0. The van der Waals surface area contributed by atoms with E-state index in [9.17, 15) is 5.11 Å². The number of rotatable bonds is 12. The molecule has 0 aromatic heterocycles. The lowest BCUT2D eigenvalue weighted by atomic mass is 9.84. The zero-order valence-corrected chi connectivity index (χ0v) is 17.8. The number of ether oxygens (including phenoxy) is 5. The topological polar surface area (TPSA) is 66.4 Å². The summed E-state index contributed by atoms with van der Waals surface area (Å²) in [6.07, 6.45) is 3.22. The summed E-state index contributed by atoms with van der Waals surface area (Å²) < 4.78 is 30.7. The molecule has 2 rings (SSSR count). The Balaban J connectivity index is 2.18. The highest BCUT2D eigenvalue weighted by Crippen LogP contribution is 2.40. The molecule has 3 unspecified atom stereocenters. The Labute approximate surface area is 164 Å². The number of fused-ring (bicyclic) bond motifs is 1. The van der Waals surface area contributed by atoms with Gasteiger partial charge in [0.1, 0.15) is 36.6 Å². The third-order valence-electron chi connectivity index (χ3n) is 5.23. The average Bonchev–Trinajstić information content (AvgIpc) is 2.95. The van der Waals surface area contributed by atoms with Gasteiger partial charge in [0.25, 0.3) is 0 Å². The van der Waals surface area contributed by atoms with Gasteiger partial charge >= 0.3 is 0 Å². The minimum Gasteiger partial charge on any atom is -0.387 e. The lowest BCUT2D eigenvalue weighted by Crippen LogP contribution is -2.64. The molecule has 6 heteroatoms. The molecular formula is C21H40O6. The van der Waals surface area contributed by atoms with Crippen LogP contribution in [-0.4, -0.2) is 67.3 Å². The fourth-order valence-corrected chi connectivity index (χ4v) is 3.76. The summed E-state index contributed by atoms with van der Waals surface area (Å²) in [4.78, 5) is 0. The highest BCUT2D eigenvalue weighted by molar-refractivity contribution is 5.06. The van der Waals surface area contributed by atoms with Gasteiger partial charge < -0.3 is 28.8 Å². The van der Waals surface area contributed by atoms with Crippen molar-refractivity contribution in [1.29, 1.82) is 0 Å². The van der Waals surface area contributed by atoms with Crippen molar-refractivity contribution in [3.8, 4) is 0 Å². The first-order valence-corrected chi connectivity index (χ1v) is 10.8. The van der Waals surface area contributed by atoms with E-state index in [0.717, 1.165) is 38.5 Å². The molecule has 1 heterocycles. The van der Waals surface area contributed by atoms with Crippen LogP contribution in [0.3, 0.4) is 0 Å². The van der Waals surface area contributed by atoms with Gasteiger partial charge in [0.2, 0.25) is 0 Å². The zero-order chi connectivity index (χ0) is 19.9. The SMILES string of the molecule is CCCCOC1C(OCCCC)[C@@H]2OC(C)(C)O[C@@H]2C(OCCCC)[C@H]1O. The summed E-state index contributed by atoms with van der Waals surface area (Å²) in [7, 11) is 0. The van der Waals surface area contributed by atoms with Crippen LogP contribution in [-0.2, 0) is 23.7 Å². The van der Waals surface area contributed by atoms with Gasteiger partial charge in [-0.25, -0.2) is 0 Å². The maximum absolute atomic E-state index is 11.1. The van der Waals surface area contributed by atoms with Gasteiger partial charge in [-0.05, 0) is 33.1 Å². The molecule has 2 fully saturated rings. The first-order valence-electron chi connectivity index (χ1n) is 10.8. The van der Waals surface area contributed by atoms with E-state index in [2.05, 4.69) is 20.8 Å². The number of aliphatic hydroxyl groups excluding tert-OH is 1. The van der Waals surface area contributed by atoms with Gasteiger partial charge in [0.05, 0.1) is 0 Å². The van der Waals surface area contributed by atoms with Gasteiger partial charge in [-0.2, -0.15) is 0 Å². The molecule has 0 aromatic carbocycles. The van der Waals surface area contributed by atoms with Crippen LogP contribution in [0.1, 0.15) is 73.1 Å². The summed E-state index contributed by atoms with van der Waals surface area (Å²) in [6, 6.07) is 0. The van der Waals surface area contributed by atoms with Gasteiger partial charge in [0, 0.05) is 19.8 Å². The first-order chi connectivity index (χ1) is 12.9. The predicted octanol–water partition coefficient (Wildman–Crippen LogP) is 3.44. The quantitative estimate of drug-likeness (QED) is 0.517. The van der Waals surface area contributed by atoms with E-state index < -0.39 is 24.1 Å². The second-order valence-corrected chi connectivity index (χ2v) is 8.12. The molecule has 1 aliphatic heterocycles. The molecule has 1 aliphatic carbocycles. The van der Waals surface area contributed by atoms with Crippen molar-refractivity contribution in [2.75, 3.05) is 19.8 Å². The maximum Gasteiger partial charge on any atom is 0.164 e. The molecule has 1 saturated heterocycles. The van der Waals surface area contributed by atoms with E-state index in [1.54, 1.807) is 0 Å². The molecule has 6 atom stereocenters. The third kappa shape index (κ3) is 6.12. The summed E-state index contributed by atoms with van der Waals surface area (Å²) >= 11 is 0. The molecule has 6 nitrogen and oxygen atoms in total. The second-order valence-electron chi connectivity index (χ2n) is 8.12. The van der Waals surface area contributed by atoms with Gasteiger partial charge in [-0.1, -0.05) is 40.0 Å². The van der Waals surface area contributed by atoms with Crippen molar-refractivity contribution in [2.45, 2.75) is 116 Å². The fourth-order valence-electron chi connectivity index (χ4n) is 3.76. The van der Waals surface area contributed by atoms with E-state index in [1.165, 1.54) is 0 Å². The Kier molecular flexibility index (Phi) is 9.45. The molecule has 1 saturated carbocycles. The van der Waals surface area contributed by atoms with Crippen LogP contribution >= 0.6 is 0 Å². The highest BCUT2D eigenvalue weighted by Gasteiger charge is 2.59. The predicted molar refractivity (Wildman–Crippen MR) is 104 cm³/mol. The van der Waals surface area contributed by atoms with Crippen molar-refractivity contribution in [3.05, 3.63) is 0 Å². The van der Waals surface area contributed by atoms with Gasteiger partial charge in [-0.3, -0.25) is 0 Å². The third-order valence-corrected chi connectivity index (χ3v) is 5.23. The smallest absolute Gasteiger partial charge is 0.164 e. The van der Waals surface area contributed by atoms with Gasteiger partial charge in [-0.15, -0.1) is 0 Å². The lowest BCUT2D eigenvalue weighted by Gasteiger charge is -2.44. The van der Waals surface area contributed by atoms with Crippen LogP contribution in [0.15, 0.2) is 0 Å². The van der Waals surface area contributed by atoms with E-state index in [1.807, 2.05) is 13.8 Å². The average molecular weight is 389 g/mol. The fraction of sp³-hybridized carbons (Fsp3) is 1.00. The molecule has 0 aromatic rings. The van der Waals surface area contributed by atoms with Crippen molar-refractivity contribution >= 4 is 0 Å². The minimum absolute atomic E-state index is 0.307. The maximum atomic E-state index is 11.1. The molecule has 2 aliphatic rings. The van der Waals surface area contributed by atoms with Crippen LogP contribution in [0.25, 0.3) is 0 Å². The Bertz CT molecular complexity index is 415. The zero-order valence-electron chi connectivity index (χ0n) is 17.8. The van der Waals surface area contributed by atoms with Gasteiger partial charge in [0.15, 0.2) is 5.79 Å². The Morgan fingerprint density at radius 2 is 1.11 bits per heavy atom. The van der Waals surface area contributed by atoms with E-state index in [-0.39, 0.29) is 18.3 Å². The van der Waals surface area contributed by atoms with E-state index >= 15 is 0 Å². The summed E-state index contributed by atoms with van der Waals surface area (Å²) in [5.74, 6) is -0.730. The normalized spacial score (nSPS) is 35.3. The Morgan fingerprint density at radius 3 is 1.59 bits per heavy atom. The summed E-state index contributed by atoms with van der Waals surface area (Å²) in [5, 5.41) is 11.1. The van der Waals surface area contributed by atoms with Crippen LogP contribution in [0, 0.1) is 0 Å². The van der Waals surface area contributed by atoms with Crippen molar-refractivity contribution < 1.29 is 28.8 Å². The molecule has 1 N–H and O–H groups in total. The number of aliphatic hydroxyl groups is 1. The largest absolute Gasteiger partial charge is 0.387 e. The van der Waals surface area contributed by atoms with E-state index in [0.29, 0.717) is 19.8 Å². The first kappa shape index (κ1) is 23.0. The van der Waals surface area contributed by atoms with E-state index in [4.69, 9.17) is 23.7 Å². The van der Waals surface area contributed by atoms with Crippen molar-refractivity contribution in [1.82, 2.24) is 0 Å². The van der Waals surface area contributed by atoms with Crippen molar-refractivity contribution in [3.63, 3.8) is 0 Å². The van der Waals surface area contributed by atoms with Crippen LogP contribution < -0.4 is 0 Å². The standard InChI is InChI=1S/C21H40O6/c1-6-9-12-23-16-15(22)17(24-13-10-7-2)19-20(27-21(4,5)26-19)18(16)25-14-11-8-3/h15-20,22H,6-14H2,1-5H3/t15-,16?,17?,18?,19+,20-/m0/s1. The van der Waals surface area contributed by atoms with Crippen LogP contribution in [0.2, 0.25) is 0 Å². The minimum atomic E-state index is -0.802.